The molecule has 0 N–H and O–H groups in total. The molecule has 3 heteroatoms. The van der Waals surface area contributed by atoms with Crippen molar-refractivity contribution >= 4 is 82.4 Å². The van der Waals surface area contributed by atoms with Crippen molar-refractivity contribution in [2.24, 2.45) is 0 Å². The summed E-state index contributed by atoms with van der Waals surface area (Å²) in [5.74, 6) is 0. The Bertz CT molecular complexity index is 4290. The fraction of sp³-hybridized carbons (Fsp3) is 0. The number of hydrogen-bond acceptors (Lipinski definition) is 2. The molecule has 0 amide bonds. The molecule has 332 valence electrons. The average molecular weight is 905 g/mol. The van der Waals surface area contributed by atoms with Crippen molar-refractivity contribution in [1.82, 2.24) is 4.57 Å². The molecule has 0 atom stereocenters. The summed E-state index contributed by atoms with van der Waals surface area (Å²) in [6.45, 7) is 0. The zero-order valence-electron chi connectivity index (χ0n) is 38.7. The maximum Gasteiger partial charge on any atom is 0.136 e. The van der Waals surface area contributed by atoms with Crippen LogP contribution in [0.5, 0.6) is 0 Å². The summed E-state index contributed by atoms with van der Waals surface area (Å²) in [5, 5.41) is 9.77. The molecule has 0 aliphatic rings. The van der Waals surface area contributed by atoms with E-state index < -0.39 is 0 Å². The van der Waals surface area contributed by atoms with E-state index in [1.165, 1.54) is 65.6 Å². The predicted molar refractivity (Wildman–Crippen MR) is 299 cm³/mol. The predicted octanol–water partition coefficient (Wildman–Crippen LogP) is 19.1. The molecule has 0 bridgehead atoms. The van der Waals surface area contributed by atoms with Gasteiger partial charge in [-0.3, -0.25) is 0 Å². The molecule has 14 rings (SSSR count). The lowest BCUT2D eigenvalue weighted by Crippen LogP contribution is -2.10. The Hall–Kier alpha value is -9.44. The highest BCUT2D eigenvalue weighted by Gasteiger charge is 2.19. The molecule has 12 aromatic carbocycles. The number of benzene rings is 12. The Morgan fingerprint density at radius 3 is 1.48 bits per heavy atom. The second-order valence-electron chi connectivity index (χ2n) is 18.4. The lowest BCUT2D eigenvalue weighted by Gasteiger charge is -2.27. The number of fused-ring (bicyclic) bond motifs is 9. The minimum atomic E-state index is 0.886. The van der Waals surface area contributed by atoms with Gasteiger partial charge in [0.05, 0.1) is 11.0 Å². The molecule has 2 heterocycles. The van der Waals surface area contributed by atoms with Gasteiger partial charge in [0.25, 0.3) is 0 Å². The van der Waals surface area contributed by atoms with Crippen LogP contribution in [0.1, 0.15) is 0 Å². The zero-order chi connectivity index (χ0) is 46.8. The standard InChI is InChI=1S/C68H44N2O/c1-2-22-56-51(15-1)44-63(59-24-4-3-23-58(56)59)50-19-13-21-55(43-50)69(54-20-12-18-49(42-54)57-28-14-32-67-68(57)62-27-7-10-31-66(62)71-67)52-37-33-45(34-38-52)47-16-11-17-48(41-47)46-35-39-53(40-36-46)70-64-29-8-5-25-60(64)61-26-6-9-30-65(61)70/h1-44H. The normalized spacial score (nSPS) is 11.7. The maximum absolute atomic E-state index is 6.36. The van der Waals surface area contributed by atoms with Gasteiger partial charge >= 0.3 is 0 Å². The highest BCUT2D eigenvalue weighted by molar-refractivity contribution is 6.15. The Morgan fingerprint density at radius 1 is 0.282 bits per heavy atom. The third-order valence-corrected chi connectivity index (χ3v) is 14.4. The second-order valence-corrected chi connectivity index (χ2v) is 18.4. The summed E-state index contributed by atoms with van der Waals surface area (Å²) < 4.78 is 8.73. The first-order valence-corrected chi connectivity index (χ1v) is 24.3. The first-order chi connectivity index (χ1) is 35.2. The van der Waals surface area contributed by atoms with Crippen molar-refractivity contribution in [3.63, 3.8) is 0 Å². The summed E-state index contributed by atoms with van der Waals surface area (Å²) in [7, 11) is 0. The van der Waals surface area contributed by atoms with Crippen LogP contribution in [0, 0.1) is 0 Å². The smallest absolute Gasteiger partial charge is 0.136 e. The minimum Gasteiger partial charge on any atom is -0.456 e. The molecule has 71 heavy (non-hydrogen) atoms. The van der Waals surface area contributed by atoms with Crippen LogP contribution in [0.2, 0.25) is 0 Å². The van der Waals surface area contributed by atoms with Crippen LogP contribution < -0.4 is 4.90 Å². The number of anilines is 3. The first-order valence-electron chi connectivity index (χ1n) is 24.3. The first kappa shape index (κ1) is 40.6. The third-order valence-electron chi connectivity index (χ3n) is 14.4. The Kier molecular flexibility index (Phi) is 9.53. The molecule has 0 saturated heterocycles. The van der Waals surface area contributed by atoms with Crippen LogP contribution in [-0.4, -0.2) is 4.57 Å². The van der Waals surface area contributed by atoms with Crippen molar-refractivity contribution in [1.29, 1.82) is 0 Å². The van der Waals surface area contributed by atoms with Crippen LogP contribution in [0.25, 0.3) is 115 Å². The number of para-hydroxylation sites is 3. The van der Waals surface area contributed by atoms with Crippen LogP contribution in [0.15, 0.2) is 271 Å². The van der Waals surface area contributed by atoms with Gasteiger partial charge in [-0.2, -0.15) is 0 Å². The summed E-state index contributed by atoms with van der Waals surface area (Å²) in [5.41, 5.74) is 17.9. The van der Waals surface area contributed by atoms with E-state index in [9.17, 15) is 0 Å². The van der Waals surface area contributed by atoms with Crippen LogP contribution >= 0.6 is 0 Å². The van der Waals surface area contributed by atoms with E-state index in [1.807, 2.05) is 12.1 Å². The van der Waals surface area contributed by atoms with Crippen molar-refractivity contribution in [2.45, 2.75) is 0 Å². The van der Waals surface area contributed by atoms with Gasteiger partial charge in [-0.05, 0) is 151 Å². The molecule has 0 radical (unpaired) electrons. The van der Waals surface area contributed by atoms with Gasteiger partial charge in [-0.1, -0.05) is 182 Å². The molecule has 0 aliphatic heterocycles. The van der Waals surface area contributed by atoms with E-state index in [0.717, 1.165) is 66.9 Å². The SMILES string of the molecule is c1cc(-c2ccc(N(c3cccc(-c4cc5ccccc5c5ccccc45)c3)c3cccc(-c4cccc5oc6ccccc6c45)c3)cc2)cc(-c2ccc(-n3c4ccccc4c4ccccc43)cc2)c1. The van der Waals surface area contributed by atoms with Gasteiger partial charge in [0.1, 0.15) is 11.2 Å². The van der Waals surface area contributed by atoms with Crippen molar-refractivity contribution < 1.29 is 4.42 Å². The zero-order valence-corrected chi connectivity index (χ0v) is 38.7. The number of furan rings is 1. The highest BCUT2D eigenvalue weighted by Crippen LogP contribution is 2.43. The summed E-state index contributed by atoms with van der Waals surface area (Å²) in [4.78, 5) is 2.39. The van der Waals surface area contributed by atoms with E-state index in [1.54, 1.807) is 0 Å². The van der Waals surface area contributed by atoms with E-state index in [0.29, 0.717) is 0 Å². The molecule has 0 spiro atoms. The summed E-state index contributed by atoms with van der Waals surface area (Å²) in [6, 6.07) is 96.7. The fourth-order valence-corrected chi connectivity index (χ4v) is 11.1. The molecule has 14 aromatic rings. The summed E-state index contributed by atoms with van der Waals surface area (Å²) in [6.07, 6.45) is 0. The van der Waals surface area contributed by atoms with Crippen molar-refractivity contribution in [2.75, 3.05) is 4.90 Å². The van der Waals surface area contributed by atoms with E-state index in [4.69, 9.17) is 4.42 Å². The van der Waals surface area contributed by atoms with Gasteiger partial charge in [0.15, 0.2) is 0 Å². The van der Waals surface area contributed by atoms with Crippen LogP contribution in [0.3, 0.4) is 0 Å². The third kappa shape index (κ3) is 6.89. The van der Waals surface area contributed by atoms with E-state index in [-0.39, 0.29) is 0 Å². The van der Waals surface area contributed by atoms with E-state index in [2.05, 4.69) is 264 Å². The Labute approximate surface area is 411 Å². The lowest BCUT2D eigenvalue weighted by molar-refractivity contribution is 0.669. The number of aromatic nitrogens is 1. The minimum absolute atomic E-state index is 0.886. The van der Waals surface area contributed by atoms with Gasteiger partial charge in [-0.25, -0.2) is 0 Å². The molecular formula is C68H44N2O. The van der Waals surface area contributed by atoms with Crippen molar-refractivity contribution in [3.05, 3.63) is 267 Å². The highest BCUT2D eigenvalue weighted by atomic mass is 16.3. The quantitative estimate of drug-likeness (QED) is 0.142. The number of hydrogen-bond donors (Lipinski definition) is 0. The Balaban J connectivity index is 0.855. The fourth-order valence-electron chi connectivity index (χ4n) is 11.1. The lowest BCUT2D eigenvalue weighted by atomic mass is 9.93. The average Bonchev–Trinajstić information content (AvgIpc) is 4.00. The molecule has 0 saturated carbocycles. The van der Waals surface area contributed by atoms with Gasteiger partial charge < -0.3 is 13.9 Å². The molecule has 0 aliphatic carbocycles. The van der Waals surface area contributed by atoms with Gasteiger partial charge in [0, 0.05) is 44.3 Å². The Morgan fingerprint density at radius 2 is 0.789 bits per heavy atom. The molecule has 0 unspecified atom stereocenters. The molecular weight excluding hydrogens is 861 g/mol. The van der Waals surface area contributed by atoms with Crippen molar-refractivity contribution in [3.8, 4) is 50.2 Å². The molecule has 0 fully saturated rings. The number of nitrogens with zero attached hydrogens (tertiary/aromatic N) is 2. The molecule has 2 aromatic heterocycles. The topological polar surface area (TPSA) is 21.3 Å². The van der Waals surface area contributed by atoms with Gasteiger partial charge in [0.2, 0.25) is 0 Å². The summed E-state index contributed by atoms with van der Waals surface area (Å²) >= 11 is 0. The maximum atomic E-state index is 6.36. The number of rotatable bonds is 8. The largest absolute Gasteiger partial charge is 0.456 e. The van der Waals surface area contributed by atoms with Crippen LogP contribution in [-0.2, 0) is 0 Å². The van der Waals surface area contributed by atoms with E-state index >= 15 is 0 Å². The van der Waals surface area contributed by atoms with Gasteiger partial charge in [-0.15, -0.1) is 0 Å². The van der Waals surface area contributed by atoms with Crippen LogP contribution in [0.4, 0.5) is 17.1 Å². The molecule has 3 nitrogen and oxygen atoms in total. The monoisotopic (exact) mass is 904 g/mol. The second kappa shape index (κ2) is 16.7.